The number of nitrogens with zero attached hydrogens (tertiary/aromatic N) is 1. The van der Waals surface area contributed by atoms with E-state index in [1.807, 2.05) is 0 Å². The summed E-state index contributed by atoms with van der Waals surface area (Å²) >= 11 is 0. The minimum absolute atomic E-state index is 0.758. The van der Waals surface area contributed by atoms with E-state index in [2.05, 4.69) is 11.8 Å². The van der Waals surface area contributed by atoms with Crippen LogP contribution in [-0.4, -0.2) is 22.5 Å². The smallest absolute Gasteiger partial charge is 0.0242 e. The van der Waals surface area contributed by atoms with Gasteiger partial charge in [0.25, 0.3) is 0 Å². The summed E-state index contributed by atoms with van der Waals surface area (Å²) in [4.78, 5) is 2.74. The minimum atomic E-state index is 0.758. The molecule has 2 atom stereocenters. The zero-order valence-corrected chi connectivity index (χ0v) is 5.93. The summed E-state index contributed by atoms with van der Waals surface area (Å²) in [6.45, 7) is 2.34. The van der Waals surface area contributed by atoms with Crippen LogP contribution in [0.5, 0.6) is 0 Å². The van der Waals surface area contributed by atoms with Crippen molar-refractivity contribution in [2.45, 2.75) is 50.2 Å². The number of hydrogen-bond acceptors (Lipinski definition) is 1. The van der Waals surface area contributed by atoms with Crippen molar-refractivity contribution >= 4 is 0 Å². The highest BCUT2D eigenvalue weighted by Crippen LogP contribution is 2.62. The molecule has 3 heterocycles. The van der Waals surface area contributed by atoms with E-state index in [1.165, 1.54) is 25.7 Å². The molecule has 3 aliphatic rings. The van der Waals surface area contributed by atoms with Crippen molar-refractivity contribution in [1.29, 1.82) is 0 Å². The van der Waals surface area contributed by atoms with Crippen LogP contribution in [0.15, 0.2) is 0 Å². The molecule has 9 heavy (non-hydrogen) atoms. The van der Waals surface area contributed by atoms with Gasteiger partial charge in [0.2, 0.25) is 0 Å². The van der Waals surface area contributed by atoms with Crippen molar-refractivity contribution in [3.8, 4) is 0 Å². The third-order valence-corrected chi connectivity index (χ3v) is 3.77. The predicted octanol–water partition coefficient (Wildman–Crippen LogP) is 1.39. The molecule has 0 radical (unpaired) electrons. The van der Waals surface area contributed by atoms with Gasteiger partial charge in [0.05, 0.1) is 0 Å². The number of rotatable bonds is 1. The minimum Gasteiger partial charge on any atom is -0.291 e. The fourth-order valence-electron chi connectivity index (χ4n) is 3.26. The number of piperidine rings is 3. The lowest BCUT2D eigenvalue weighted by molar-refractivity contribution is -0.276. The second-order valence-electron chi connectivity index (χ2n) is 3.94. The zero-order chi connectivity index (χ0) is 6.06. The highest BCUT2D eigenvalue weighted by atomic mass is 15.4. The van der Waals surface area contributed by atoms with E-state index in [4.69, 9.17) is 0 Å². The molecule has 0 spiro atoms. The van der Waals surface area contributed by atoms with E-state index in [0.717, 1.165) is 17.6 Å². The van der Waals surface area contributed by atoms with Crippen LogP contribution >= 0.6 is 0 Å². The molecule has 0 saturated carbocycles. The molecule has 50 valence electrons. The maximum absolute atomic E-state index is 2.74. The largest absolute Gasteiger partial charge is 0.291 e. The van der Waals surface area contributed by atoms with Crippen molar-refractivity contribution in [3.05, 3.63) is 0 Å². The molecule has 0 aromatic carbocycles. The molecule has 3 aliphatic heterocycles. The Morgan fingerprint density at radius 2 is 2.11 bits per heavy atom. The summed E-state index contributed by atoms with van der Waals surface area (Å²) in [5.74, 6) is 0. The maximum Gasteiger partial charge on any atom is 0.0242 e. The van der Waals surface area contributed by atoms with Gasteiger partial charge in [-0.05, 0) is 25.7 Å². The number of hydrogen-bond donors (Lipinski definition) is 0. The van der Waals surface area contributed by atoms with Crippen LogP contribution in [0.2, 0.25) is 0 Å². The van der Waals surface area contributed by atoms with Crippen molar-refractivity contribution < 1.29 is 0 Å². The van der Waals surface area contributed by atoms with E-state index in [9.17, 15) is 0 Å². The molecule has 3 fully saturated rings. The van der Waals surface area contributed by atoms with Gasteiger partial charge in [0.15, 0.2) is 0 Å². The Bertz CT molecular complexity index is 152. The Labute approximate surface area is 56.0 Å². The maximum atomic E-state index is 2.74. The van der Waals surface area contributed by atoms with Crippen molar-refractivity contribution in [2.24, 2.45) is 0 Å². The van der Waals surface area contributed by atoms with Crippen LogP contribution in [0.3, 0.4) is 0 Å². The average Bonchev–Trinajstić information content (AvgIpc) is 1.86. The first-order valence-electron chi connectivity index (χ1n) is 4.14. The summed E-state index contributed by atoms with van der Waals surface area (Å²) < 4.78 is 0. The van der Waals surface area contributed by atoms with Gasteiger partial charge < -0.3 is 0 Å². The third-order valence-electron chi connectivity index (χ3n) is 3.77. The van der Waals surface area contributed by atoms with Crippen LogP contribution in [0.25, 0.3) is 0 Å². The highest BCUT2D eigenvalue weighted by molar-refractivity contribution is 5.24. The zero-order valence-electron chi connectivity index (χ0n) is 5.93. The topological polar surface area (TPSA) is 3.24 Å². The van der Waals surface area contributed by atoms with Gasteiger partial charge in [-0.3, -0.25) is 4.90 Å². The summed E-state index contributed by atoms with van der Waals surface area (Å²) in [5.41, 5.74) is 0.758. The molecule has 1 nitrogen and oxygen atoms in total. The third kappa shape index (κ3) is 0.295. The molecule has 0 aliphatic carbocycles. The van der Waals surface area contributed by atoms with E-state index >= 15 is 0 Å². The standard InChI is InChI=1S/C8H13N/c1-2-8-4-6-3-7(5-8)9(6)8/h6-7H,2-5H2,1H3. The highest BCUT2D eigenvalue weighted by Gasteiger charge is 2.68. The molecule has 3 rings (SSSR count). The molecule has 0 N–H and O–H groups in total. The fraction of sp³-hybridized carbons (Fsp3) is 1.00. The lowest BCUT2D eigenvalue weighted by Crippen LogP contribution is -2.86. The lowest BCUT2D eigenvalue weighted by atomic mass is 9.54. The van der Waals surface area contributed by atoms with Gasteiger partial charge in [0.1, 0.15) is 0 Å². The second-order valence-corrected chi connectivity index (χ2v) is 3.94. The van der Waals surface area contributed by atoms with Gasteiger partial charge in [-0.25, -0.2) is 0 Å². The predicted molar refractivity (Wildman–Crippen MR) is 36.3 cm³/mol. The van der Waals surface area contributed by atoms with Gasteiger partial charge >= 0.3 is 0 Å². The van der Waals surface area contributed by atoms with Crippen molar-refractivity contribution in [3.63, 3.8) is 0 Å². The van der Waals surface area contributed by atoms with Gasteiger partial charge in [-0.2, -0.15) is 0 Å². The lowest BCUT2D eigenvalue weighted by Gasteiger charge is -2.79. The first kappa shape index (κ1) is 4.73. The van der Waals surface area contributed by atoms with Gasteiger partial charge in [0, 0.05) is 17.6 Å². The second kappa shape index (κ2) is 1.07. The molecule has 0 amide bonds. The Balaban J connectivity index is 1.88. The van der Waals surface area contributed by atoms with E-state index in [0.29, 0.717) is 0 Å². The van der Waals surface area contributed by atoms with Crippen LogP contribution in [0.4, 0.5) is 0 Å². The van der Waals surface area contributed by atoms with Crippen molar-refractivity contribution in [1.82, 2.24) is 4.90 Å². The molecule has 0 bridgehead atoms. The van der Waals surface area contributed by atoms with E-state index < -0.39 is 0 Å². The van der Waals surface area contributed by atoms with Crippen LogP contribution in [0, 0.1) is 0 Å². The summed E-state index contributed by atoms with van der Waals surface area (Å²) in [6.07, 6.45) is 5.99. The Kier molecular flexibility index (Phi) is 0.563. The Hall–Kier alpha value is -0.0400. The Morgan fingerprint density at radius 1 is 1.44 bits per heavy atom. The quantitative estimate of drug-likeness (QED) is 0.509. The van der Waals surface area contributed by atoms with E-state index in [1.54, 1.807) is 0 Å². The van der Waals surface area contributed by atoms with Crippen LogP contribution in [0.1, 0.15) is 32.6 Å². The van der Waals surface area contributed by atoms with Gasteiger partial charge in [-0.1, -0.05) is 6.92 Å². The molecular weight excluding hydrogens is 110 g/mol. The fourth-order valence-corrected chi connectivity index (χ4v) is 3.26. The molecule has 3 saturated heterocycles. The molecule has 1 heteroatoms. The molecular formula is C8H13N. The van der Waals surface area contributed by atoms with Crippen LogP contribution in [-0.2, 0) is 0 Å². The molecule has 2 unspecified atom stereocenters. The van der Waals surface area contributed by atoms with E-state index in [-0.39, 0.29) is 0 Å². The average molecular weight is 123 g/mol. The van der Waals surface area contributed by atoms with Gasteiger partial charge in [-0.15, -0.1) is 0 Å². The first-order valence-corrected chi connectivity index (χ1v) is 4.14. The summed E-state index contributed by atoms with van der Waals surface area (Å²) in [7, 11) is 0. The normalized spacial score (nSPS) is 61.0. The monoisotopic (exact) mass is 123 g/mol. The summed E-state index contributed by atoms with van der Waals surface area (Å²) in [5, 5.41) is 0. The summed E-state index contributed by atoms with van der Waals surface area (Å²) in [6, 6.07) is 2.09. The van der Waals surface area contributed by atoms with Crippen molar-refractivity contribution in [2.75, 3.05) is 0 Å². The molecule has 0 aromatic heterocycles. The van der Waals surface area contributed by atoms with Crippen LogP contribution < -0.4 is 0 Å². The molecule has 0 aromatic rings. The SMILES string of the molecule is CCC12CC3CC(C1)N32. The first-order chi connectivity index (χ1) is 4.36. The Morgan fingerprint density at radius 3 is 2.33 bits per heavy atom.